The van der Waals surface area contributed by atoms with Gasteiger partial charge in [-0.05, 0) is 51.3 Å². The standard InChI is InChI=1S/C15H20ClN5O3/c1-20(2)9-4-10-21-18-13(14(19-21)24-15(22)23-3)17-12-7-5-11(16)6-8-12/h5-8H,4,9-10H2,1-3H3,(H,17,18). The van der Waals surface area contributed by atoms with E-state index in [4.69, 9.17) is 16.3 Å². The minimum absolute atomic E-state index is 0.0571. The Hall–Kier alpha value is -2.32. The Labute approximate surface area is 145 Å². The zero-order chi connectivity index (χ0) is 17.5. The molecule has 0 aliphatic heterocycles. The van der Waals surface area contributed by atoms with E-state index in [1.165, 1.54) is 11.9 Å². The maximum absolute atomic E-state index is 11.4. The summed E-state index contributed by atoms with van der Waals surface area (Å²) in [6.45, 7) is 1.49. The predicted octanol–water partition coefficient (Wildman–Crippen LogP) is 2.77. The van der Waals surface area contributed by atoms with Gasteiger partial charge in [-0.1, -0.05) is 11.6 Å². The number of anilines is 2. The number of hydrogen-bond acceptors (Lipinski definition) is 7. The number of halogens is 1. The van der Waals surface area contributed by atoms with E-state index in [0.717, 1.165) is 18.7 Å². The van der Waals surface area contributed by atoms with Gasteiger partial charge in [0.1, 0.15) is 0 Å². The first kappa shape index (κ1) is 18.0. The summed E-state index contributed by atoms with van der Waals surface area (Å²) in [4.78, 5) is 14.9. The molecule has 0 unspecified atom stereocenters. The van der Waals surface area contributed by atoms with Crippen molar-refractivity contribution in [1.82, 2.24) is 19.9 Å². The van der Waals surface area contributed by atoms with Crippen molar-refractivity contribution in [2.24, 2.45) is 0 Å². The Morgan fingerprint density at radius 3 is 2.62 bits per heavy atom. The van der Waals surface area contributed by atoms with E-state index in [1.807, 2.05) is 14.1 Å². The Balaban J connectivity index is 2.14. The van der Waals surface area contributed by atoms with Crippen LogP contribution in [0.3, 0.4) is 0 Å². The van der Waals surface area contributed by atoms with Gasteiger partial charge in [-0.15, -0.1) is 10.2 Å². The lowest BCUT2D eigenvalue weighted by atomic mass is 10.3. The summed E-state index contributed by atoms with van der Waals surface area (Å²) in [7, 11) is 5.22. The maximum Gasteiger partial charge on any atom is 0.515 e. The molecule has 1 N–H and O–H groups in total. The molecule has 2 rings (SSSR count). The van der Waals surface area contributed by atoms with Crippen LogP contribution in [0, 0.1) is 0 Å². The molecule has 0 aliphatic carbocycles. The van der Waals surface area contributed by atoms with Gasteiger partial charge in [0, 0.05) is 10.7 Å². The third kappa shape index (κ3) is 5.39. The highest BCUT2D eigenvalue weighted by Gasteiger charge is 2.17. The van der Waals surface area contributed by atoms with Crippen LogP contribution < -0.4 is 10.1 Å². The average Bonchev–Trinajstić information content (AvgIpc) is 2.90. The van der Waals surface area contributed by atoms with Crippen LogP contribution in [0.2, 0.25) is 5.02 Å². The summed E-state index contributed by atoms with van der Waals surface area (Å²) >= 11 is 5.87. The van der Waals surface area contributed by atoms with E-state index in [9.17, 15) is 4.79 Å². The number of nitrogens with one attached hydrogen (secondary N) is 1. The molecule has 24 heavy (non-hydrogen) atoms. The SMILES string of the molecule is COC(=O)Oc1nn(CCCN(C)C)nc1Nc1ccc(Cl)cc1. The zero-order valence-electron chi connectivity index (χ0n) is 13.8. The molecule has 1 aromatic carbocycles. The number of rotatable bonds is 7. The van der Waals surface area contributed by atoms with Crippen LogP contribution >= 0.6 is 11.6 Å². The van der Waals surface area contributed by atoms with Crippen LogP contribution in [0.5, 0.6) is 5.88 Å². The molecule has 0 aliphatic rings. The van der Waals surface area contributed by atoms with Crippen LogP contribution in [-0.2, 0) is 11.3 Å². The van der Waals surface area contributed by atoms with Gasteiger partial charge in [-0.3, -0.25) is 0 Å². The lowest BCUT2D eigenvalue weighted by molar-refractivity contribution is 0.119. The molecule has 0 bridgehead atoms. The number of benzene rings is 1. The van der Waals surface area contributed by atoms with Crippen LogP contribution in [-0.4, -0.2) is 53.8 Å². The number of aromatic nitrogens is 3. The van der Waals surface area contributed by atoms with Crippen molar-refractivity contribution < 1.29 is 14.3 Å². The number of methoxy groups -OCH3 is 1. The van der Waals surface area contributed by atoms with Gasteiger partial charge in [0.15, 0.2) is 0 Å². The molecule has 0 spiro atoms. The van der Waals surface area contributed by atoms with E-state index >= 15 is 0 Å². The van der Waals surface area contributed by atoms with Crippen LogP contribution in [0.15, 0.2) is 24.3 Å². The highest BCUT2D eigenvalue weighted by atomic mass is 35.5. The summed E-state index contributed by atoms with van der Waals surface area (Å²) in [5.41, 5.74) is 0.745. The molecule has 0 saturated heterocycles. The quantitative estimate of drug-likeness (QED) is 0.766. The maximum atomic E-state index is 11.4. The van der Waals surface area contributed by atoms with Gasteiger partial charge in [0.25, 0.3) is 5.88 Å². The van der Waals surface area contributed by atoms with E-state index in [-0.39, 0.29) is 5.88 Å². The molecule has 0 radical (unpaired) electrons. The number of ether oxygens (including phenoxy) is 2. The summed E-state index contributed by atoms with van der Waals surface area (Å²) in [6.07, 6.45) is 0.00853. The number of carbonyl (C=O) groups excluding carboxylic acids is 1. The first-order chi connectivity index (χ1) is 11.5. The van der Waals surface area contributed by atoms with Gasteiger partial charge in [-0.25, -0.2) is 4.79 Å². The number of nitrogens with zero attached hydrogens (tertiary/aromatic N) is 4. The number of hydrogen-bond donors (Lipinski definition) is 1. The summed E-state index contributed by atoms with van der Waals surface area (Å²) in [5.74, 6) is 0.384. The van der Waals surface area contributed by atoms with Crippen molar-refractivity contribution in [3.05, 3.63) is 29.3 Å². The highest BCUT2D eigenvalue weighted by Crippen LogP contribution is 2.25. The van der Waals surface area contributed by atoms with E-state index in [1.54, 1.807) is 24.3 Å². The van der Waals surface area contributed by atoms with Gasteiger partial charge in [0.05, 0.1) is 13.7 Å². The summed E-state index contributed by atoms with van der Waals surface area (Å²) < 4.78 is 9.55. The largest absolute Gasteiger partial charge is 0.515 e. The smallest absolute Gasteiger partial charge is 0.437 e. The molecule has 2 aromatic rings. The second-order valence-corrected chi connectivity index (χ2v) is 5.73. The van der Waals surface area contributed by atoms with Crippen molar-refractivity contribution >= 4 is 29.3 Å². The minimum atomic E-state index is -0.852. The molecule has 0 atom stereocenters. The van der Waals surface area contributed by atoms with Gasteiger partial charge in [-0.2, -0.15) is 4.80 Å². The third-order valence-electron chi connectivity index (χ3n) is 3.04. The normalized spacial score (nSPS) is 10.7. The molecular weight excluding hydrogens is 334 g/mol. The topological polar surface area (TPSA) is 81.5 Å². The van der Waals surface area contributed by atoms with Crippen molar-refractivity contribution in [3.8, 4) is 5.88 Å². The minimum Gasteiger partial charge on any atom is -0.437 e. The molecular formula is C15H20ClN5O3. The Morgan fingerprint density at radius 1 is 1.29 bits per heavy atom. The molecule has 0 amide bonds. The Morgan fingerprint density at radius 2 is 2.00 bits per heavy atom. The first-order valence-electron chi connectivity index (χ1n) is 7.36. The second kappa shape index (κ2) is 8.51. The lowest BCUT2D eigenvalue weighted by Crippen LogP contribution is -2.16. The van der Waals surface area contributed by atoms with E-state index < -0.39 is 6.16 Å². The Kier molecular flexibility index (Phi) is 6.39. The fourth-order valence-electron chi connectivity index (χ4n) is 1.90. The second-order valence-electron chi connectivity index (χ2n) is 5.29. The summed E-state index contributed by atoms with van der Waals surface area (Å²) in [5, 5.41) is 12.2. The van der Waals surface area contributed by atoms with Crippen LogP contribution in [0.1, 0.15) is 6.42 Å². The molecule has 9 heteroatoms. The van der Waals surface area contributed by atoms with Gasteiger partial charge < -0.3 is 19.7 Å². The van der Waals surface area contributed by atoms with Crippen molar-refractivity contribution in [2.75, 3.05) is 33.1 Å². The van der Waals surface area contributed by atoms with E-state index in [0.29, 0.717) is 17.4 Å². The van der Waals surface area contributed by atoms with E-state index in [2.05, 4.69) is 25.2 Å². The fraction of sp³-hybridized carbons (Fsp3) is 0.400. The van der Waals surface area contributed by atoms with Crippen molar-refractivity contribution in [1.29, 1.82) is 0 Å². The molecule has 1 aromatic heterocycles. The number of carbonyl (C=O) groups is 1. The fourth-order valence-corrected chi connectivity index (χ4v) is 2.02. The molecule has 130 valence electrons. The third-order valence-corrected chi connectivity index (χ3v) is 3.29. The molecule has 1 heterocycles. The number of aryl methyl sites for hydroxylation is 1. The molecule has 0 fully saturated rings. The highest BCUT2D eigenvalue weighted by molar-refractivity contribution is 6.30. The molecule has 8 nitrogen and oxygen atoms in total. The van der Waals surface area contributed by atoms with Crippen LogP contribution in [0.25, 0.3) is 0 Å². The average molecular weight is 354 g/mol. The van der Waals surface area contributed by atoms with Gasteiger partial charge in [0.2, 0.25) is 5.82 Å². The van der Waals surface area contributed by atoms with Crippen molar-refractivity contribution in [3.63, 3.8) is 0 Å². The van der Waals surface area contributed by atoms with Crippen LogP contribution in [0.4, 0.5) is 16.3 Å². The first-order valence-corrected chi connectivity index (χ1v) is 7.74. The molecule has 0 saturated carbocycles. The monoisotopic (exact) mass is 353 g/mol. The Bertz CT molecular complexity index is 672. The van der Waals surface area contributed by atoms with Gasteiger partial charge >= 0.3 is 6.16 Å². The zero-order valence-corrected chi connectivity index (χ0v) is 14.6. The summed E-state index contributed by atoms with van der Waals surface area (Å²) in [6, 6.07) is 7.06. The lowest BCUT2D eigenvalue weighted by Gasteiger charge is -2.07. The van der Waals surface area contributed by atoms with Crippen molar-refractivity contribution in [2.45, 2.75) is 13.0 Å². The predicted molar refractivity (Wildman–Crippen MR) is 91.0 cm³/mol.